The molecular weight excluding hydrogens is 496 g/mol. The van der Waals surface area contributed by atoms with Crippen LogP contribution in [0.4, 0.5) is 0 Å². The maximum absolute atomic E-state index is 13.3. The minimum atomic E-state index is -1.37. The SMILES string of the molecule is CC[C@H](C)[C@H](NC(=O)[C@@H](CCCNC(=N)N)NC(=O)[C@@H](N)CC(C)C)C(=O)N[C@H](C(=O)NC[C]=O)[C@H](C)O. The van der Waals surface area contributed by atoms with Crippen molar-refractivity contribution >= 4 is 35.9 Å². The van der Waals surface area contributed by atoms with Gasteiger partial charge in [-0.1, -0.05) is 34.1 Å². The molecule has 0 saturated heterocycles. The molecule has 217 valence electrons. The second-order valence-corrected chi connectivity index (χ2v) is 9.74. The quantitative estimate of drug-likeness (QED) is 0.0515. The topological polar surface area (TPSA) is 242 Å². The zero-order valence-corrected chi connectivity index (χ0v) is 22.9. The van der Waals surface area contributed by atoms with Crippen LogP contribution in [0.3, 0.4) is 0 Å². The number of aliphatic hydroxyl groups excluding tert-OH is 1. The minimum Gasteiger partial charge on any atom is -0.391 e. The Morgan fingerprint density at radius 2 is 1.53 bits per heavy atom. The van der Waals surface area contributed by atoms with E-state index < -0.39 is 60.4 Å². The Morgan fingerprint density at radius 1 is 0.921 bits per heavy atom. The van der Waals surface area contributed by atoms with Gasteiger partial charge in [0, 0.05) is 6.54 Å². The van der Waals surface area contributed by atoms with E-state index in [4.69, 9.17) is 16.9 Å². The molecule has 0 aromatic carbocycles. The van der Waals surface area contributed by atoms with Crippen molar-refractivity contribution in [1.29, 1.82) is 5.41 Å². The van der Waals surface area contributed by atoms with Crippen molar-refractivity contribution in [3.05, 3.63) is 0 Å². The number of carbonyl (C=O) groups excluding carboxylic acids is 5. The molecule has 0 aromatic heterocycles. The monoisotopic (exact) mass is 541 g/mol. The van der Waals surface area contributed by atoms with Crippen molar-refractivity contribution in [2.75, 3.05) is 13.1 Å². The molecule has 0 saturated carbocycles. The van der Waals surface area contributed by atoms with Crippen LogP contribution in [0, 0.1) is 17.2 Å². The summed E-state index contributed by atoms with van der Waals surface area (Å²) in [5.74, 6) is -3.10. The fourth-order valence-corrected chi connectivity index (χ4v) is 3.53. The molecule has 38 heavy (non-hydrogen) atoms. The van der Waals surface area contributed by atoms with Crippen LogP contribution in [0.5, 0.6) is 0 Å². The summed E-state index contributed by atoms with van der Waals surface area (Å²) in [5, 5.41) is 29.8. The van der Waals surface area contributed by atoms with E-state index in [-0.39, 0.29) is 30.8 Å². The summed E-state index contributed by atoms with van der Waals surface area (Å²) >= 11 is 0. The molecule has 0 bridgehead atoms. The molecule has 0 fully saturated rings. The Kier molecular flexibility index (Phi) is 16.5. The molecule has 0 unspecified atom stereocenters. The molecule has 4 amide bonds. The van der Waals surface area contributed by atoms with Crippen LogP contribution in [0.15, 0.2) is 0 Å². The number of hydrogen-bond donors (Lipinski definition) is 9. The molecule has 1 radical (unpaired) electrons. The van der Waals surface area contributed by atoms with Crippen molar-refractivity contribution in [2.45, 2.75) is 90.6 Å². The summed E-state index contributed by atoms with van der Waals surface area (Å²) in [6.07, 6.45) is 1.65. The molecule has 0 aromatic rings. The lowest BCUT2D eigenvalue weighted by molar-refractivity contribution is -0.136. The normalized spacial score (nSPS) is 15.7. The molecule has 0 aliphatic rings. The number of hydrogen-bond acceptors (Lipinski definition) is 8. The van der Waals surface area contributed by atoms with Crippen LogP contribution in [0.2, 0.25) is 0 Å². The van der Waals surface area contributed by atoms with Crippen molar-refractivity contribution in [1.82, 2.24) is 26.6 Å². The minimum absolute atomic E-state index is 0.157. The molecule has 14 nitrogen and oxygen atoms in total. The average molecular weight is 542 g/mol. The summed E-state index contributed by atoms with van der Waals surface area (Å²) < 4.78 is 0. The molecule has 6 atom stereocenters. The molecule has 0 aliphatic heterocycles. The van der Waals surface area contributed by atoms with Gasteiger partial charge in [-0.25, -0.2) is 0 Å². The van der Waals surface area contributed by atoms with Gasteiger partial charge in [0.25, 0.3) is 0 Å². The number of nitrogens with two attached hydrogens (primary N) is 2. The van der Waals surface area contributed by atoms with Gasteiger partial charge in [0.15, 0.2) is 5.96 Å². The van der Waals surface area contributed by atoms with Crippen LogP contribution in [0.1, 0.15) is 60.3 Å². The molecule has 0 spiro atoms. The lowest BCUT2D eigenvalue weighted by Gasteiger charge is -2.29. The fraction of sp³-hybridized carbons (Fsp3) is 0.750. The fourth-order valence-electron chi connectivity index (χ4n) is 3.53. The maximum atomic E-state index is 13.3. The second-order valence-electron chi connectivity index (χ2n) is 9.74. The highest BCUT2D eigenvalue weighted by molar-refractivity contribution is 5.95. The van der Waals surface area contributed by atoms with Gasteiger partial charge in [0.1, 0.15) is 18.1 Å². The first-order chi connectivity index (χ1) is 17.7. The van der Waals surface area contributed by atoms with E-state index >= 15 is 0 Å². The number of amides is 4. The van der Waals surface area contributed by atoms with E-state index in [0.29, 0.717) is 19.3 Å². The van der Waals surface area contributed by atoms with E-state index in [1.807, 2.05) is 20.8 Å². The van der Waals surface area contributed by atoms with Gasteiger partial charge in [-0.15, -0.1) is 0 Å². The number of nitrogens with one attached hydrogen (secondary N) is 6. The van der Waals surface area contributed by atoms with Gasteiger partial charge >= 0.3 is 0 Å². The van der Waals surface area contributed by atoms with E-state index in [0.717, 1.165) is 0 Å². The Hall–Kier alpha value is -3.26. The Morgan fingerprint density at radius 3 is 2.03 bits per heavy atom. The largest absolute Gasteiger partial charge is 0.391 e. The van der Waals surface area contributed by atoms with E-state index in [2.05, 4.69) is 26.6 Å². The van der Waals surface area contributed by atoms with Crippen molar-refractivity contribution in [3.8, 4) is 0 Å². The molecular formula is C24H45N8O6. The van der Waals surface area contributed by atoms with E-state index in [1.54, 1.807) is 6.92 Å². The average Bonchev–Trinajstić information content (AvgIpc) is 2.84. The van der Waals surface area contributed by atoms with Gasteiger partial charge in [0.2, 0.25) is 29.9 Å². The van der Waals surface area contributed by atoms with Gasteiger partial charge in [-0.2, -0.15) is 0 Å². The molecule has 0 heterocycles. The van der Waals surface area contributed by atoms with Gasteiger partial charge < -0.3 is 43.2 Å². The highest BCUT2D eigenvalue weighted by atomic mass is 16.3. The Balaban J connectivity index is 5.71. The van der Waals surface area contributed by atoms with Crippen molar-refractivity contribution < 1.29 is 29.1 Å². The molecule has 11 N–H and O–H groups in total. The maximum Gasteiger partial charge on any atom is 0.245 e. The Bertz CT molecular complexity index is 807. The van der Waals surface area contributed by atoms with Crippen LogP contribution >= 0.6 is 0 Å². The summed E-state index contributed by atoms with van der Waals surface area (Å²) in [4.78, 5) is 61.8. The highest BCUT2D eigenvalue weighted by Gasteiger charge is 2.34. The first kappa shape index (κ1) is 34.7. The number of aliphatic hydroxyl groups is 1. The van der Waals surface area contributed by atoms with E-state index in [1.165, 1.54) is 13.2 Å². The highest BCUT2D eigenvalue weighted by Crippen LogP contribution is 2.11. The van der Waals surface area contributed by atoms with Gasteiger partial charge in [-0.3, -0.25) is 29.4 Å². The van der Waals surface area contributed by atoms with Crippen LogP contribution in [-0.4, -0.2) is 84.3 Å². The van der Waals surface area contributed by atoms with Crippen LogP contribution < -0.4 is 38.1 Å². The van der Waals surface area contributed by atoms with Crippen molar-refractivity contribution in [3.63, 3.8) is 0 Å². The zero-order valence-electron chi connectivity index (χ0n) is 22.9. The number of rotatable bonds is 18. The first-order valence-corrected chi connectivity index (χ1v) is 12.8. The molecule has 14 heteroatoms. The first-order valence-electron chi connectivity index (χ1n) is 12.8. The smallest absolute Gasteiger partial charge is 0.245 e. The van der Waals surface area contributed by atoms with Crippen molar-refractivity contribution in [2.24, 2.45) is 23.3 Å². The summed E-state index contributed by atoms with van der Waals surface area (Å²) in [6, 6.07) is -4.34. The summed E-state index contributed by atoms with van der Waals surface area (Å²) in [7, 11) is 0. The molecule has 0 aliphatic carbocycles. The zero-order chi connectivity index (χ0) is 29.4. The predicted octanol–water partition coefficient (Wildman–Crippen LogP) is -2.27. The number of guanidine groups is 1. The Labute approximate surface area is 224 Å². The second kappa shape index (κ2) is 18.1. The third-order valence-electron chi connectivity index (χ3n) is 5.87. The number of carbonyl (C=O) groups is 4. The standard InChI is InChI=1S/C24H45N8O6/c1-6-14(4)18(23(38)32-19(15(5)34)22(37)28-10-11-33)31-21(36)17(8-7-9-29-24(26)27)30-20(35)16(25)12-13(2)3/h13-19,34H,6-10,12,25H2,1-5H3,(H,28,37)(H,30,35)(H,31,36)(H,32,38)(H4,26,27,29)/t14-,15-,16-,17+,18-,19-/m0/s1. The lowest BCUT2D eigenvalue weighted by atomic mass is 9.96. The third kappa shape index (κ3) is 13.3. The summed E-state index contributed by atoms with van der Waals surface area (Å²) in [6.45, 7) is 8.54. The van der Waals surface area contributed by atoms with E-state index in [9.17, 15) is 29.1 Å². The molecule has 0 rings (SSSR count). The van der Waals surface area contributed by atoms with Crippen LogP contribution in [-0.2, 0) is 24.0 Å². The van der Waals surface area contributed by atoms with Crippen LogP contribution in [0.25, 0.3) is 0 Å². The predicted molar refractivity (Wildman–Crippen MR) is 142 cm³/mol. The third-order valence-corrected chi connectivity index (χ3v) is 5.87. The van der Waals surface area contributed by atoms with Gasteiger partial charge in [0.05, 0.1) is 18.7 Å². The van der Waals surface area contributed by atoms with Gasteiger partial charge in [-0.05, 0) is 38.0 Å². The lowest BCUT2D eigenvalue weighted by Crippen LogP contribution is -2.61. The summed E-state index contributed by atoms with van der Waals surface area (Å²) in [5.41, 5.74) is 11.3.